The van der Waals surface area contributed by atoms with Gasteiger partial charge in [0.2, 0.25) is 0 Å². The van der Waals surface area contributed by atoms with Crippen LogP contribution in [0.25, 0.3) is 0 Å². The second-order valence-corrected chi connectivity index (χ2v) is 4.96. The van der Waals surface area contributed by atoms with Crippen molar-refractivity contribution in [3.63, 3.8) is 0 Å². The number of carbonyl (C=O) groups excluding carboxylic acids is 1. The van der Waals surface area contributed by atoms with Gasteiger partial charge in [-0.05, 0) is 25.5 Å². The summed E-state index contributed by atoms with van der Waals surface area (Å²) in [6.07, 6.45) is 3.17. The van der Waals surface area contributed by atoms with E-state index in [0.29, 0.717) is 11.3 Å². The number of carboxylic acids is 1. The molecule has 3 N–H and O–H groups in total. The Kier molecular flexibility index (Phi) is 4.37. The zero-order valence-electron chi connectivity index (χ0n) is 11.9. The first-order chi connectivity index (χ1) is 9.97. The van der Waals surface area contributed by atoms with Crippen LogP contribution in [0.2, 0.25) is 0 Å². The number of hydrogen-bond donors (Lipinski definition) is 3. The molecule has 0 saturated carbocycles. The van der Waals surface area contributed by atoms with Gasteiger partial charge in [-0.3, -0.25) is 4.79 Å². The van der Waals surface area contributed by atoms with Crippen molar-refractivity contribution < 1.29 is 14.7 Å². The zero-order valence-corrected chi connectivity index (χ0v) is 11.9. The van der Waals surface area contributed by atoms with Crippen molar-refractivity contribution >= 4 is 11.9 Å². The van der Waals surface area contributed by atoms with Crippen LogP contribution in [0, 0.1) is 13.8 Å². The molecule has 1 amide bonds. The number of imidazole rings is 1. The summed E-state index contributed by atoms with van der Waals surface area (Å²) in [4.78, 5) is 30.2. The lowest BCUT2D eigenvalue weighted by molar-refractivity contribution is -0.139. The van der Waals surface area contributed by atoms with Crippen molar-refractivity contribution in [3.8, 4) is 0 Å². The van der Waals surface area contributed by atoms with Gasteiger partial charge in [-0.25, -0.2) is 9.78 Å². The van der Waals surface area contributed by atoms with Crippen molar-refractivity contribution in [2.75, 3.05) is 0 Å². The number of aromatic nitrogens is 2. The third kappa shape index (κ3) is 3.68. The molecular weight excluding hydrogens is 270 g/mol. The number of rotatable bonds is 5. The molecule has 6 nitrogen and oxygen atoms in total. The van der Waals surface area contributed by atoms with Crippen molar-refractivity contribution in [1.82, 2.24) is 15.3 Å². The van der Waals surface area contributed by atoms with Gasteiger partial charge in [0, 0.05) is 23.9 Å². The maximum absolute atomic E-state index is 12.2. The normalized spacial score (nSPS) is 11.9. The molecule has 1 heterocycles. The van der Waals surface area contributed by atoms with E-state index in [1.807, 2.05) is 26.0 Å². The number of carboxylic acid groups (broad SMARTS) is 1. The van der Waals surface area contributed by atoms with Gasteiger partial charge in [0.15, 0.2) is 0 Å². The average Bonchev–Trinajstić information content (AvgIpc) is 2.90. The first kappa shape index (κ1) is 14.8. The van der Waals surface area contributed by atoms with E-state index >= 15 is 0 Å². The molecule has 1 aromatic heterocycles. The lowest BCUT2D eigenvalue weighted by Crippen LogP contribution is -2.42. The number of hydrogen-bond acceptors (Lipinski definition) is 3. The first-order valence-corrected chi connectivity index (χ1v) is 6.55. The third-order valence-electron chi connectivity index (χ3n) is 3.21. The molecule has 2 rings (SSSR count). The Bertz CT molecular complexity index is 650. The number of aliphatic carboxylic acids is 1. The SMILES string of the molecule is Cc1ccc(C(=O)N[C@H](Cc2cnc[nH]2)C(=O)O)c(C)c1. The number of nitrogens with zero attached hydrogens (tertiary/aromatic N) is 1. The topological polar surface area (TPSA) is 95.1 Å². The second kappa shape index (κ2) is 6.21. The van der Waals surface area contributed by atoms with Crippen LogP contribution in [0.1, 0.15) is 27.2 Å². The van der Waals surface area contributed by atoms with E-state index in [4.69, 9.17) is 0 Å². The first-order valence-electron chi connectivity index (χ1n) is 6.55. The summed E-state index contributed by atoms with van der Waals surface area (Å²) in [5.74, 6) is -1.47. The number of nitrogens with one attached hydrogen (secondary N) is 2. The fraction of sp³-hybridized carbons (Fsp3) is 0.267. The molecule has 0 aliphatic rings. The number of amides is 1. The highest BCUT2D eigenvalue weighted by atomic mass is 16.4. The summed E-state index contributed by atoms with van der Waals surface area (Å²) in [5.41, 5.74) is 3.01. The van der Waals surface area contributed by atoms with Crippen LogP contribution in [0.5, 0.6) is 0 Å². The molecule has 0 bridgehead atoms. The Labute approximate surface area is 122 Å². The molecule has 110 valence electrons. The average molecular weight is 287 g/mol. The van der Waals surface area contributed by atoms with Crippen LogP contribution in [-0.2, 0) is 11.2 Å². The summed E-state index contributed by atoms with van der Waals surface area (Å²) in [6, 6.07) is 4.42. The number of benzene rings is 1. The van der Waals surface area contributed by atoms with Gasteiger partial charge in [-0.15, -0.1) is 0 Å². The maximum Gasteiger partial charge on any atom is 0.326 e. The molecule has 0 saturated heterocycles. The Hall–Kier alpha value is -2.63. The van der Waals surface area contributed by atoms with E-state index in [1.54, 1.807) is 12.3 Å². The Balaban J connectivity index is 2.12. The largest absolute Gasteiger partial charge is 0.480 e. The van der Waals surface area contributed by atoms with Crippen LogP contribution in [0.3, 0.4) is 0 Å². The van der Waals surface area contributed by atoms with E-state index in [0.717, 1.165) is 11.1 Å². The molecule has 0 fully saturated rings. The van der Waals surface area contributed by atoms with Gasteiger partial charge in [0.05, 0.1) is 6.33 Å². The fourth-order valence-electron chi connectivity index (χ4n) is 2.12. The molecule has 1 aromatic carbocycles. The van der Waals surface area contributed by atoms with Crippen molar-refractivity contribution in [2.24, 2.45) is 0 Å². The Morgan fingerprint density at radius 3 is 2.71 bits per heavy atom. The highest BCUT2D eigenvalue weighted by Gasteiger charge is 2.22. The molecule has 1 atom stereocenters. The summed E-state index contributed by atoms with van der Waals surface area (Å²) >= 11 is 0. The standard InChI is InChI=1S/C15H17N3O3/c1-9-3-4-12(10(2)5-9)14(19)18-13(15(20)21)6-11-7-16-8-17-11/h3-5,7-8,13H,6H2,1-2H3,(H,16,17)(H,18,19)(H,20,21)/t13-/m1/s1. The van der Waals surface area contributed by atoms with Crippen LogP contribution in [0.15, 0.2) is 30.7 Å². The summed E-state index contributed by atoms with van der Waals surface area (Å²) in [6.45, 7) is 3.76. The molecule has 0 spiro atoms. The number of carbonyl (C=O) groups is 2. The second-order valence-electron chi connectivity index (χ2n) is 4.96. The van der Waals surface area contributed by atoms with Crippen LogP contribution < -0.4 is 5.32 Å². The molecule has 6 heteroatoms. The molecular formula is C15H17N3O3. The number of H-pyrrole nitrogens is 1. The Morgan fingerprint density at radius 2 is 2.14 bits per heavy atom. The fourth-order valence-corrected chi connectivity index (χ4v) is 2.12. The van der Waals surface area contributed by atoms with Gasteiger partial charge in [-0.1, -0.05) is 17.7 Å². The van der Waals surface area contributed by atoms with Crippen molar-refractivity contribution in [2.45, 2.75) is 26.3 Å². The molecule has 0 unspecified atom stereocenters. The van der Waals surface area contributed by atoms with Gasteiger partial charge < -0.3 is 15.4 Å². The molecule has 0 radical (unpaired) electrons. The minimum atomic E-state index is -1.08. The zero-order chi connectivity index (χ0) is 15.4. The third-order valence-corrected chi connectivity index (χ3v) is 3.21. The minimum Gasteiger partial charge on any atom is -0.480 e. The minimum absolute atomic E-state index is 0.159. The van der Waals surface area contributed by atoms with Gasteiger partial charge in [0.25, 0.3) is 5.91 Å². The lowest BCUT2D eigenvalue weighted by atomic mass is 10.0. The van der Waals surface area contributed by atoms with E-state index in [1.165, 1.54) is 6.33 Å². The highest BCUT2D eigenvalue weighted by Crippen LogP contribution is 2.11. The maximum atomic E-state index is 12.2. The lowest BCUT2D eigenvalue weighted by Gasteiger charge is -2.15. The molecule has 0 aliphatic heterocycles. The van der Waals surface area contributed by atoms with Gasteiger partial charge in [0.1, 0.15) is 6.04 Å². The van der Waals surface area contributed by atoms with E-state index in [2.05, 4.69) is 15.3 Å². The van der Waals surface area contributed by atoms with Gasteiger partial charge in [-0.2, -0.15) is 0 Å². The van der Waals surface area contributed by atoms with E-state index < -0.39 is 12.0 Å². The van der Waals surface area contributed by atoms with E-state index in [-0.39, 0.29) is 12.3 Å². The van der Waals surface area contributed by atoms with Crippen molar-refractivity contribution in [1.29, 1.82) is 0 Å². The summed E-state index contributed by atoms with van der Waals surface area (Å²) in [7, 11) is 0. The van der Waals surface area contributed by atoms with Crippen LogP contribution in [-0.4, -0.2) is 33.0 Å². The number of aryl methyl sites for hydroxylation is 2. The van der Waals surface area contributed by atoms with Crippen molar-refractivity contribution in [3.05, 3.63) is 53.1 Å². The highest BCUT2D eigenvalue weighted by molar-refractivity contribution is 5.97. The number of aromatic amines is 1. The summed E-state index contributed by atoms with van der Waals surface area (Å²) < 4.78 is 0. The summed E-state index contributed by atoms with van der Waals surface area (Å²) in [5, 5.41) is 11.8. The van der Waals surface area contributed by atoms with Crippen LogP contribution in [0.4, 0.5) is 0 Å². The van der Waals surface area contributed by atoms with Crippen LogP contribution >= 0.6 is 0 Å². The monoisotopic (exact) mass is 287 g/mol. The predicted molar refractivity (Wildman–Crippen MR) is 77.1 cm³/mol. The molecule has 21 heavy (non-hydrogen) atoms. The Morgan fingerprint density at radius 1 is 1.38 bits per heavy atom. The quantitative estimate of drug-likeness (QED) is 0.775. The van der Waals surface area contributed by atoms with E-state index in [9.17, 15) is 14.7 Å². The smallest absolute Gasteiger partial charge is 0.326 e. The predicted octanol–water partition coefficient (Wildman–Crippen LogP) is 1.45. The molecule has 2 aromatic rings. The molecule has 0 aliphatic carbocycles. The van der Waals surface area contributed by atoms with Gasteiger partial charge >= 0.3 is 5.97 Å².